The van der Waals surface area contributed by atoms with Crippen molar-refractivity contribution < 1.29 is 17.9 Å². The Hall–Kier alpha value is -0.550. The molecule has 18 heavy (non-hydrogen) atoms. The van der Waals surface area contributed by atoms with Crippen molar-refractivity contribution >= 4 is 0 Å². The standard InChI is InChI=1S/C13H22F3NO/c1-10(2)9-18-8-7-17-12-6-4-3-5-11(12)13(14,15)16/h11-12,17H,1,3-9H2,2H3. The van der Waals surface area contributed by atoms with Gasteiger partial charge in [-0.1, -0.05) is 25.0 Å². The van der Waals surface area contributed by atoms with Crippen LogP contribution in [0.25, 0.3) is 0 Å². The van der Waals surface area contributed by atoms with Crippen LogP contribution in [0.4, 0.5) is 13.2 Å². The Bertz CT molecular complexity index is 265. The second-order valence-corrected chi connectivity index (χ2v) is 5.00. The van der Waals surface area contributed by atoms with E-state index in [1.165, 1.54) is 0 Å². The van der Waals surface area contributed by atoms with Crippen molar-refractivity contribution in [1.82, 2.24) is 5.32 Å². The van der Waals surface area contributed by atoms with E-state index in [9.17, 15) is 13.2 Å². The van der Waals surface area contributed by atoms with Crippen molar-refractivity contribution in [2.75, 3.05) is 19.8 Å². The highest BCUT2D eigenvalue weighted by Gasteiger charge is 2.45. The first-order valence-corrected chi connectivity index (χ1v) is 6.43. The third-order valence-electron chi connectivity index (χ3n) is 3.19. The summed E-state index contributed by atoms with van der Waals surface area (Å²) in [5.41, 5.74) is 0.917. The minimum Gasteiger partial charge on any atom is -0.376 e. The number of hydrogen-bond acceptors (Lipinski definition) is 2. The summed E-state index contributed by atoms with van der Waals surface area (Å²) in [6.45, 7) is 6.90. The van der Waals surface area contributed by atoms with E-state index < -0.39 is 18.1 Å². The average molecular weight is 265 g/mol. The minimum absolute atomic E-state index is 0.244. The summed E-state index contributed by atoms with van der Waals surface area (Å²) < 4.78 is 43.6. The summed E-state index contributed by atoms with van der Waals surface area (Å²) in [4.78, 5) is 0. The minimum atomic E-state index is -4.09. The molecule has 106 valence electrons. The normalized spacial score (nSPS) is 25.1. The second kappa shape index (κ2) is 7.14. The molecule has 0 radical (unpaired) electrons. The molecular formula is C13H22F3NO. The summed E-state index contributed by atoms with van der Waals surface area (Å²) in [5, 5.41) is 2.98. The summed E-state index contributed by atoms with van der Waals surface area (Å²) in [6.07, 6.45) is -1.69. The van der Waals surface area contributed by atoms with Crippen LogP contribution in [0.15, 0.2) is 12.2 Å². The van der Waals surface area contributed by atoms with Crippen molar-refractivity contribution in [2.24, 2.45) is 5.92 Å². The van der Waals surface area contributed by atoms with Crippen LogP contribution in [0, 0.1) is 5.92 Å². The molecule has 0 amide bonds. The monoisotopic (exact) mass is 265 g/mol. The summed E-state index contributed by atoms with van der Waals surface area (Å²) in [7, 11) is 0. The van der Waals surface area contributed by atoms with Crippen LogP contribution < -0.4 is 5.32 Å². The van der Waals surface area contributed by atoms with Crippen molar-refractivity contribution in [3.8, 4) is 0 Å². The lowest BCUT2D eigenvalue weighted by atomic mass is 9.84. The number of alkyl halides is 3. The zero-order valence-corrected chi connectivity index (χ0v) is 10.9. The van der Waals surface area contributed by atoms with E-state index in [4.69, 9.17) is 4.74 Å². The molecule has 1 aliphatic carbocycles. The van der Waals surface area contributed by atoms with Gasteiger partial charge in [0.15, 0.2) is 0 Å². The van der Waals surface area contributed by atoms with Gasteiger partial charge in [-0.25, -0.2) is 0 Å². The molecular weight excluding hydrogens is 243 g/mol. The number of halogens is 3. The van der Waals surface area contributed by atoms with Gasteiger partial charge < -0.3 is 10.1 Å². The molecule has 0 heterocycles. The van der Waals surface area contributed by atoms with E-state index in [2.05, 4.69) is 11.9 Å². The van der Waals surface area contributed by atoms with E-state index in [1.807, 2.05) is 6.92 Å². The zero-order valence-electron chi connectivity index (χ0n) is 10.9. The zero-order chi connectivity index (χ0) is 13.6. The quantitative estimate of drug-likeness (QED) is 0.588. The lowest BCUT2D eigenvalue weighted by molar-refractivity contribution is -0.189. The predicted molar refractivity (Wildman–Crippen MR) is 65.4 cm³/mol. The van der Waals surface area contributed by atoms with Crippen LogP contribution in [0.1, 0.15) is 32.6 Å². The third-order valence-corrected chi connectivity index (χ3v) is 3.19. The number of hydrogen-bond donors (Lipinski definition) is 1. The van der Waals surface area contributed by atoms with Crippen LogP contribution >= 0.6 is 0 Å². The predicted octanol–water partition coefficient (Wildman–Crippen LogP) is 3.29. The molecule has 2 nitrogen and oxygen atoms in total. The molecule has 1 N–H and O–H groups in total. The maximum Gasteiger partial charge on any atom is 0.393 e. The average Bonchev–Trinajstić information content (AvgIpc) is 2.27. The number of nitrogens with one attached hydrogen (secondary N) is 1. The highest BCUT2D eigenvalue weighted by atomic mass is 19.4. The fourth-order valence-electron chi connectivity index (χ4n) is 2.33. The molecule has 0 aliphatic heterocycles. The van der Waals surface area contributed by atoms with E-state index in [1.54, 1.807) is 0 Å². The van der Waals surface area contributed by atoms with Gasteiger partial charge in [0.2, 0.25) is 0 Å². The fourth-order valence-corrected chi connectivity index (χ4v) is 2.33. The molecule has 0 bridgehead atoms. The summed E-state index contributed by atoms with van der Waals surface area (Å²) in [5.74, 6) is -1.20. The molecule has 2 atom stereocenters. The van der Waals surface area contributed by atoms with E-state index in [0.29, 0.717) is 32.6 Å². The van der Waals surface area contributed by atoms with Gasteiger partial charge in [-0.15, -0.1) is 0 Å². The molecule has 1 saturated carbocycles. The van der Waals surface area contributed by atoms with Crippen LogP contribution in [0.2, 0.25) is 0 Å². The molecule has 0 aromatic rings. The Morgan fingerprint density at radius 3 is 2.61 bits per heavy atom. The molecule has 1 aliphatic rings. The lowest BCUT2D eigenvalue weighted by Gasteiger charge is -2.33. The SMILES string of the molecule is C=C(C)COCCNC1CCCCC1C(F)(F)F. The maximum atomic E-state index is 12.8. The van der Waals surface area contributed by atoms with Gasteiger partial charge in [0.25, 0.3) is 0 Å². The largest absolute Gasteiger partial charge is 0.393 e. The molecule has 1 rings (SSSR count). The van der Waals surface area contributed by atoms with Gasteiger partial charge in [-0.05, 0) is 19.8 Å². The first-order valence-electron chi connectivity index (χ1n) is 6.43. The Labute approximate surface area is 107 Å². The highest BCUT2D eigenvalue weighted by Crippen LogP contribution is 2.37. The molecule has 0 spiro atoms. The topological polar surface area (TPSA) is 21.3 Å². The van der Waals surface area contributed by atoms with Crippen molar-refractivity contribution in [3.63, 3.8) is 0 Å². The Balaban J connectivity index is 2.28. The van der Waals surface area contributed by atoms with Crippen molar-refractivity contribution in [3.05, 3.63) is 12.2 Å². The summed E-state index contributed by atoms with van der Waals surface area (Å²) in [6, 6.07) is -0.452. The molecule has 5 heteroatoms. The molecule has 1 fully saturated rings. The first-order chi connectivity index (χ1) is 8.41. The molecule has 2 unspecified atom stereocenters. The van der Waals surface area contributed by atoms with Crippen LogP contribution in [-0.4, -0.2) is 32.0 Å². The summed E-state index contributed by atoms with van der Waals surface area (Å²) >= 11 is 0. The van der Waals surface area contributed by atoms with Crippen molar-refractivity contribution in [1.29, 1.82) is 0 Å². The van der Waals surface area contributed by atoms with E-state index in [0.717, 1.165) is 12.0 Å². The van der Waals surface area contributed by atoms with Gasteiger partial charge >= 0.3 is 6.18 Å². The van der Waals surface area contributed by atoms with Gasteiger partial charge in [-0.2, -0.15) is 13.2 Å². The maximum absolute atomic E-state index is 12.8. The van der Waals surface area contributed by atoms with E-state index >= 15 is 0 Å². The fraction of sp³-hybridized carbons (Fsp3) is 0.846. The molecule has 0 saturated heterocycles. The number of ether oxygens (including phenoxy) is 1. The first kappa shape index (κ1) is 15.5. The van der Waals surface area contributed by atoms with Crippen molar-refractivity contribution in [2.45, 2.75) is 44.8 Å². The Kier molecular flexibility index (Phi) is 6.15. The van der Waals surface area contributed by atoms with Gasteiger partial charge in [0, 0.05) is 12.6 Å². The molecule has 0 aromatic heterocycles. The van der Waals surface area contributed by atoms with Crippen LogP contribution in [0.5, 0.6) is 0 Å². The Morgan fingerprint density at radius 1 is 1.33 bits per heavy atom. The molecule has 0 aromatic carbocycles. The second-order valence-electron chi connectivity index (χ2n) is 5.00. The number of rotatable bonds is 6. The van der Waals surface area contributed by atoms with Gasteiger partial charge in [0.05, 0.1) is 19.1 Å². The lowest BCUT2D eigenvalue weighted by Crippen LogP contribution is -2.46. The van der Waals surface area contributed by atoms with E-state index in [-0.39, 0.29) is 6.42 Å². The van der Waals surface area contributed by atoms with Gasteiger partial charge in [-0.3, -0.25) is 0 Å². The van der Waals surface area contributed by atoms with Gasteiger partial charge in [0.1, 0.15) is 0 Å². The van der Waals surface area contributed by atoms with Crippen LogP contribution in [0.3, 0.4) is 0 Å². The third kappa shape index (κ3) is 5.40. The highest BCUT2D eigenvalue weighted by molar-refractivity contribution is 4.88. The van der Waals surface area contributed by atoms with Crippen LogP contribution in [-0.2, 0) is 4.74 Å². The Morgan fingerprint density at radius 2 is 2.00 bits per heavy atom. The smallest absolute Gasteiger partial charge is 0.376 e.